The first-order valence-electron chi connectivity index (χ1n) is 12.2. The molecule has 0 saturated heterocycles. The summed E-state index contributed by atoms with van der Waals surface area (Å²) in [4.78, 5) is 41.6. The maximum atomic E-state index is 12.8. The van der Waals surface area contributed by atoms with Crippen molar-refractivity contribution >= 4 is 34.3 Å². The fourth-order valence-corrected chi connectivity index (χ4v) is 4.01. The number of aromatic amines is 1. The highest BCUT2D eigenvalue weighted by molar-refractivity contribution is 6.04. The molecule has 0 aliphatic heterocycles. The Morgan fingerprint density at radius 1 is 1.03 bits per heavy atom. The summed E-state index contributed by atoms with van der Waals surface area (Å²) in [5.74, 6) is -0.705. The molecule has 0 fully saturated rings. The van der Waals surface area contributed by atoms with E-state index in [2.05, 4.69) is 36.2 Å². The van der Waals surface area contributed by atoms with Gasteiger partial charge in [0.15, 0.2) is 0 Å². The molecule has 3 heterocycles. The molecule has 1 aliphatic rings. The Bertz CT molecular complexity index is 1530. The second-order valence-electron chi connectivity index (χ2n) is 8.69. The van der Waals surface area contributed by atoms with Crippen molar-refractivity contribution in [1.29, 1.82) is 0 Å². The molecule has 0 bridgehead atoms. The highest BCUT2D eigenvalue weighted by atomic mass is 16.2. The van der Waals surface area contributed by atoms with E-state index in [1.54, 1.807) is 55.0 Å². The first-order chi connectivity index (χ1) is 18.5. The van der Waals surface area contributed by atoms with Crippen LogP contribution >= 0.6 is 0 Å². The van der Waals surface area contributed by atoms with Gasteiger partial charge in [-0.25, -0.2) is 4.98 Å². The van der Waals surface area contributed by atoms with E-state index in [-0.39, 0.29) is 30.0 Å². The number of rotatable bonds is 9. The molecule has 38 heavy (non-hydrogen) atoms. The van der Waals surface area contributed by atoms with Crippen LogP contribution in [0.25, 0.3) is 22.2 Å². The van der Waals surface area contributed by atoms with Gasteiger partial charge in [0.25, 0.3) is 11.8 Å². The number of aromatic nitrogens is 5. The zero-order chi connectivity index (χ0) is 26.3. The van der Waals surface area contributed by atoms with E-state index in [0.29, 0.717) is 35.6 Å². The highest BCUT2D eigenvalue weighted by Crippen LogP contribution is 2.20. The molecule has 0 unspecified atom stereocenters. The molecule has 0 radical (unpaired) electrons. The fourth-order valence-electron chi connectivity index (χ4n) is 4.01. The lowest BCUT2D eigenvalue weighted by molar-refractivity contribution is -0.122. The fraction of sp³-hybridized carbons (Fsp3) is 0.185. The van der Waals surface area contributed by atoms with Crippen molar-refractivity contribution in [1.82, 2.24) is 35.6 Å². The second-order valence-corrected chi connectivity index (χ2v) is 8.69. The van der Waals surface area contributed by atoms with Crippen molar-refractivity contribution in [3.8, 4) is 11.3 Å². The highest BCUT2D eigenvalue weighted by Gasteiger charge is 2.12. The Labute approximate surface area is 218 Å². The van der Waals surface area contributed by atoms with Gasteiger partial charge in [-0.05, 0) is 43.2 Å². The third-order valence-corrected chi connectivity index (χ3v) is 5.88. The number of amides is 3. The van der Waals surface area contributed by atoms with Gasteiger partial charge in [-0.3, -0.25) is 24.2 Å². The molecule has 4 N–H and O–H groups in total. The van der Waals surface area contributed by atoms with Crippen LogP contribution in [0.3, 0.4) is 0 Å². The number of fused-ring (bicyclic) bond motifs is 1. The van der Waals surface area contributed by atoms with Crippen LogP contribution in [-0.2, 0) is 16.1 Å². The van der Waals surface area contributed by atoms with Crippen LogP contribution in [0, 0.1) is 0 Å². The topological polar surface area (TPSA) is 147 Å². The Morgan fingerprint density at radius 3 is 2.74 bits per heavy atom. The molecule has 11 nitrogen and oxygen atoms in total. The average Bonchev–Trinajstić information content (AvgIpc) is 3.61. The van der Waals surface area contributed by atoms with Crippen LogP contribution in [0.15, 0.2) is 78.8 Å². The SMILES string of the molecule is O=C(Cn1cc2cc(NC(=O)c3cccc(-c4cn[nH]c4)n3)ccc2n1)NCCNC(=O)C1=CCCC=C1. The molecule has 192 valence electrons. The van der Waals surface area contributed by atoms with Crippen molar-refractivity contribution in [2.24, 2.45) is 0 Å². The Hall–Kier alpha value is -5.06. The summed E-state index contributed by atoms with van der Waals surface area (Å²) in [6.45, 7) is 0.678. The normalized spacial score (nSPS) is 12.7. The number of H-pyrrole nitrogens is 1. The zero-order valence-electron chi connectivity index (χ0n) is 20.5. The quantitative estimate of drug-likeness (QED) is 0.255. The molecular weight excluding hydrogens is 484 g/mol. The number of carbonyl (C=O) groups excluding carboxylic acids is 3. The summed E-state index contributed by atoms with van der Waals surface area (Å²) in [6, 6.07) is 10.5. The number of nitrogens with one attached hydrogen (secondary N) is 4. The maximum Gasteiger partial charge on any atom is 0.274 e. The summed E-state index contributed by atoms with van der Waals surface area (Å²) in [7, 11) is 0. The minimum Gasteiger partial charge on any atom is -0.353 e. The van der Waals surface area contributed by atoms with Gasteiger partial charge in [0.05, 0.1) is 17.4 Å². The van der Waals surface area contributed by atoms with Gasteiger partial charge in [-0.15, -0.1) is 0 Å². The minimum atomic E-state index is -0.343. The van der Waals surface area contributed by atoms with Gasteiger partial charge in [-0.2, -0.15) is 10.2 Å². The Kier molecular flexibility index (Phi) is 7.34. The summed E-state index contributed by atoms with van der Waals surface area (Å²) < 4.78 is 1.54. The number of allylic oxidation sites excluding steroid dienone is 2. The van der Waals surface area contributed by atoms with Crippen molar-refractivity contribution in [3.05, 3.63) is 84.5 Å². The Balaban J connectivity index is 1.13. The van der Waals surface area contributed by atoms with Crippen LogP contribution in [0.5, 0.6) is 0 Å². The monoisotopic (exact) mass is 510 g/mol. The zero-order valence-corrected chi connectivity index (χ0v) is 20.5. The van der Waals surface area contributed by atoms with Gasteiger partial charge >= 0.3 is 0 Å². The molecule has 0 saturated carbocycles. The van der Waals surface area contributed by atoms with E-state index in [4.69, 9.17) is 0 Å². The minimum absolute atomic E-state index is 0.0307. The molecule has 3 aromatic heterocycles. The van der Waals surface area contributed by atoms with Crippen molar-refractivity contribution in [3.63, 3.8) is 0 Å². The third kappa shape index (κ3) is 6.01. The first-order valence-corrected chi connectivity index (χ1v) is 12.2. The van der Waals surface area contributed by atoms with E-state index in [1.807, 2.05) is 18.2 Å². The average molecular weight is 511 g/mol. The lowest BCUT2D eigenvalue weighted by Crippen LogP contribution is -2.36. The number of nitrogens with zero attached hydrogens (tertiary/aromatic N) is 4. The van der Waals surface area contributed by atoms with E-state index in [9.17, 15) is 14.4 Å². The molecule has 1 aromatic carbocycles. The van der Waals surface area contributed by atoms with Crippen molar-refractivity contribution in [2.75, 3.05) is 18.4 Å². The molecule has 3 amide bonds. The second kappa shape index (κ2) is 11.3. The van der Waals surface area contributed by atoms with E-state index < -0.39 is 0 Å². The van der Waals surface area contributed by atoms with Gasteiger partial charge in [0.1, 0.15) is 12.2 Å². The molecule has 5 rings (SSSR count). The van der Waals surface area contributed by atoms with Crippen LogP contribution < -0.4 is 16.0 Å². The number of hydrogen-bond donors (Lipinski definition) is 4. The maximum absolute atomic E-state index is 12.8. The van der Waals surface area contributed by atoms with E-state index in [0.717, 1.165) is 23.8 Å². The smallest absolute Gasteiger partial charge is 0.274 e. The predicted molar refractivity (Wildman–Crippen MR) is 142 cm³/mol. The Morgan fingerprint density at radius 2 is 1.92 bits per heavy atom. The first kappa shape index (κ1) is 24.6. The number of pyridine rings is 1. The molecule has 4 aromatic rings. The largest absolute Gasteiger partial charge is 0.353 e. The molecule has 11 heteroatoms. The van der Waals surface area contributed by atoms with Crippen LogP contribution in [0.1, 0.15) is 23.3 Å². The molecular formula is C27H26N8O3. The van der Waals surface area contributed by atoms with Crippen LogP contribution in [0.4, 0.5) is 5.69 Å². The third-order valence-electron chi connectivity index (χ3n) is 5.88. The van der Waals surface area contributed by atoms with E-state index >= 15 is 0 Å². The van der Waals surface area contributed by atoms with Gasteiger partial charge in [0, 0.05) is 47.7 Å². The van der Waals surface area contributed by atoms with Crippen molar-refractivity contribution in [2.45, 2.75) is 19.4 Å². The molecule has 1 aliphatic carbocycles. The van der Waals surface area contributed by atoms with Crippen LogP contribution in [0.2, 0.25) is 0 Å². The van der Waals surface area contributed by atoms with E-state index in [1.165, 1.54) is 4.68 Å². The summed E-state index contributed by atoms with van der Waals surface area (Å²) in [5, 5.41) is 20.3. The van der Waals surface area contributed by atoms with Gasteiger partial charge in [-0.1, -0.05) is 24.3 Å². The van der Waals surface area contributed by atoms with Gasteiger partial charge < -0.3 is 16.0 Å². The summed E-state index contributed by atoms with van der Waals surface area (Å²) in [5.41, 5.74) is 3.64. The number of anilines is 1. The molecule has 0 atom stereocenters. The number of benzene rings is 1. The van der Waals surface area contributed by atoms with Gasteiger partial charge in [0.2, 0.25) is 5.91 Å². The lowest BCUT2D eigenvalue weighted by Gasteiger charge is -2.09. The molecule has 0 spiro atoms. The number of hydrogen-bond acceptors (Lipinski definition) is 6. The lowest BCUT2D eigenvalue weighted by atomic mass is 10.1. The number of carbonyl (C=O) groups is 3. The standard InChI is InChI=1S/C27H26N8O3/c36-25(28-11-12-29-26(37)18-5-2-1-3-6-18)17-35-16-19-13-21(9-10-23(19)34-35)32-27(38)24-8-4-7-22(33-24)20-14-30-31-15-20/h2,4-10,13-16H,1,3,11-12,17H2,(H,28,36)(H,29,37)(H,30,31)(H,32,38). The summed E-state index contributed by atoms with van der Waals surface area (Å²) >= 11 is 0. The van der Waals surface area contributed by atoms with Crippen molar-refractivity contribution < 1.29 is 14.4 Å². The van der Waals surface area contributed by atoms with Crippen LogP contribution in [-0.4, -0.2) is 55.8 Å². The predicted octanol–water partition coefficient (Wildman–Crippen LogP) is 2.58. The summed E-state index contributed by atoms with van der Waals surface area (Å²) in [6.07, 6.45) is 12.6.